The minimum Gasteiger partial charge on any atom is -0.398 e. The fraction of sp³-hybridized carbons (Fsp3) is 0.120. The highest BCUT2D eigenvalue weighted by Crippen LogP contribution is 2.52. The fourth-order valence-corrected chi connectivity index (χ4v) is 4.43. The molecule has 5 rings (SSSR count). The molecule has 1 aliphatic rings. The van der Waals surface area contributed by atoms with Gasteiger partial charge < -0.3 is 10.6 Å². The minimum atomic E-state index is -0.0483. The molecular weight excluding hydrogens is 328 g/mol. The molecule has 132 valence electrons. The number of hydrogen-bond acceptors (Lipinski definition) is 2. The lowest BCUT2D eigenvalue weighted by atomic mass is 9.73. The molecule has 4 aromatic rings. The Labute approximate surface area is 159 Å². The van der Waals surface area contributed by atoms with Gasteiger partial charge in [-0.1, -0.05) is 74.5 Å². The van der Waals surface area contributed by atoms with Crippen molar-refractivity contribution in [2.45, 2.75) is 19.3 Å². The number of rotatable bonds is 1. The fourth-order valence-electron chi connectivity index (χ4n) is 4.43. The van der Waals surface area contributed by atoms with Crippen molar-refractivity contribution in [2.24, 2.45) is 0 Å². The molecule has 0 bridgehead atoms. The van der Waals surface area contributed by atoms with Crippen LogP contribution in [0, 0.1) is 0 Å². The van der Waals surface area contributed by atoms with E-state index in [2.05, 4.69) is 91.5 Å². The van der Waals surface area contributed by atoms with Gasteiger partial charge in [-0.15, -0.1) is 0 Å². The molecule has 2 nitrogen and oxygen atoms in total. The molecule has 0 radical (unpaired) electrons. The molecule has 1 aliphatic heterocycles. The quantitative estimate of drug-likeness (QED) is 0.395. The molecule has 1 heterocycles. The Morgan fingerprint density at radius 2 is 1.11 bits per heavy atom. The van der Waals surface area contributed by atoms with E-state index in [1.54, 1.807) is 0 Å². The largest absolute Gasteiger partial charge is 0.398 e. The number of hydrogen-bond donors (Lipinski definition) is 1. The summed E-state index contributed by atoms with van der Waals surface area (Å²) in [7, 11) is 0. The molecule has 2 heteroatoms. The summed E-state index contributed by atoms with van der Waals surface area (Å²) >= 11 is 0. The maximum Gasteiger partial charge on any atom is 0.0541 e. The van der Waals surface area contributed by atoms with E-state index in [-0.39, 0.29) is 5.41 Å². The van der Waals surface area contributed by atoms with E-state index in [4.69, 9.17) is 5.73 Å². The highest BCUT2D eigenvalue weighted by molar-refractivity contribution is 6.05. The number of nitrogens with zero attached hydrogens (tertiary/aromatic N) is 1. The van der Waals surface area contributed by atoms with Crippen LogP contribution < -0.4 is 10.6 Å². The van der Waals surface area contributed by atoms with Gasteiger partial charge in [0.05, 0.1) is 17.1 Å². The summed E-state index contributed by atoms with van der Waals surface area (Å²) in [5.41, 5.74) is 13.3. The van der Waals surface area contributed by atoms with Crippen LogP contribution in [0.5, 0.6) is 0 Å². The molecular formula is C25H22N2. The SMILES string of the molecule is CC1(C)c2ccccc2N(c2ccc(N)c3ccccc23)c2ccccc21. The second-order valence-corrected chi connectivity index (χ2v) is 7.71. The van der Waals surface area contributed by atoms with Crippen LogP contribution >= 0.6 is 0 Å². The van der Waals surface area contributed by atoms with Gasteiger partial charge in [0.2, 0.25) is 0 Å². The Morgan fingerprint density at radius 3 is 1.74 bits per heavy atom. The molecule has 0 aliphatic carbocycles. The average molecular weight is 350 g/mol. The van der Waals surface area contributed by atoms with Crippen LogP contribution in [0.25, 0.3) is 10.8 Å². The van der Waals surface area contributed by atoms with Crippen LogP contribution in [0.2, 0.25) is 0 Å². The van der Waals surface area contributed by atoms with Gasteiger partial charge >= 0.3 is 0 Å². The van der Waals surface area contributed by atoms with E-state index in [1.165, 1.54) is 27.9 Å². The van der Waals surface area contributed by atoms with E-state index in [0.29, 0.717) is 0 Å². The normalized spacial score (nSPS) is 14.7. The van der Waals surface area contributed by atoms with E-state index >= 15 is 0 Å². The average Bonchev–Trinajstić information content (AvgIpc) is 2.70. The molecule has 0 amide bonds. The Hall–Kier alpha value is -3.26. The molecule has 4 aromatic carbocycles. The van der Waals surface area contributed by atoms with E-state index < -0.39 is 0 Å². The molecule has 0 unspecified atom stereocenters. The molecule has 0 fully saturated rings. The number of nitrogen functional groups attached to an aromatic ring is 1. The highest BCUT2D eigenvalue weighted by Gasteiger charge is 2.36. The van der Waals surface area contributed by atoms with E-state index in [9.17, 15) is 0 Å². The van der Waals surface area contributed by atoms with Crippen molar-refractivity contribution in [3.63, 3.8) is 0 Å². The summed E-state index contributed by atoms with van der Waals surface area (Å²) in [6.07, 6.45) is 0. The van der Waals surface area contributed by atoms with Crippen molar-refractivity contribution in [3.8, 4) is 0 Å². The zero-order valence-electron chi connectivity index (χ0n) is 15.6. The van der Waals surface area contributed by atoms with E-state index in [1.807, 2.05) is 12.1 Å². The maximum atomic E-state index is 6.27. The number of para-hydroxylation sites is 2. The maximum absolute atomic E-state index is 6.27. The van der Waals surface area contributed by atoms with Gasteiger partial charge in [-0.25, -0.2) is 0 Å². The lowest BCUT2D eigenvalue weighted by Crippen LogP contribution is -2.30. The first-order valence-electron chi connectivity index (χ1n) is 9.35. The number of fused-ring (bicyclic) bond motifs is 3. The topological polar surface area (TPSA) is 29.3 Å². The number of nitrogens with two attached hydrogens (primary N) is 1. The third kappa shape index (κ3) is 2.20. The lowest BCUT2D eigenvalue weighted by Gasteiger charge is -2.42. The highest BCUT2D eigenvalue weighted by atomic mass is 15.2. The van der Waals surface area contributed by atoms with Crippen LogP contribution in [-0.4, -0.2) is 0 Å². The molecule has 0 saturated carbocycles. The first kappa shape index (κ1) is 16.0. The zero-order valence-corrected chi connectivity index (χ0v) is 15.6. The first-order chi connectivity index (χ1) is 13.1. The molecule has 0 atom stereocenters. The smallest absolute Gasteiger partial charge is 0.0541 e. The third-order valence-corrected chi connectivity index (χ3v) is 5.81. The van der Waals surface area contributed by atoms with Gasteiger partial charge in [0, 0.05) is 21.9 Å². The van der Waals surface area contributed by atoms with Crippen molar-refractivity contribution in [1.82, 2.24) is 0 Å². The van der Waals surface area contributed by atoms with Gasteiger partial charge in [-0.05, 0) is 35.4 Å². The van der Waals surface area contributed by atoms with Crippen LogP contribution in [0.1, 0.15) is 25.0 Å². The molecule has 0 aromatic heterocycles. The monoisotopic (exact) mass is 350 g/mol. The minimum absolute atomic E-state index is 0.0483. The van der Waals surface area contributed by atoms with Crippen molar-refractivity contribution in [3.05, 3.63) is 96.1 Å². The van der Waals surface area contributed by atoms with Gasteiger partial charge in [0.1, 0.15) is 0 Å². The summed E-state index contributed by atoms with van der Waals surface area (Å²) in [5.74, 6) is 0. The first-order valence-corrected chi connectivity index (χ1v) is 9.35. The molecule has 0 spiro atoms. The number of benzene rings is 4. The van der Waals surface area contributed by atoms with Crippen molar-refractivity contribution in [2.75, 3.05) is 10.6 Å². The Morgan fingerprint density at radius 1 is 0.593 bits per heavy atom. The van der Waals surface area contributed by atoms with Crippen molar-refractivity contribution >= 4 is 33.5 Å². The van der Waals surface area contributed by atoms with Crippen LogP contribution in [0.4, 0.5) is 22.7 Å². The second kappa shape index (κ2) is 5.62. The summed E-state index contributed by atoms with van der Waals surface area (Å²) in [6.45, 7) is 4.62. The lowest BCUT2D eigenvalue weighted by molar-refractivity contribution is 0.632. The van der Waals surface area contributed by atoms with Crippen molar-refractivity contribution in [1.29, 1.82) is 0 Å². The standard InChI is InChI=1S/C25H22N2/c1-25(2)19-11-5-7-13-23(19)27(24-14-8-6-12-20(24)25)22-16-15-21(26)17-9-3-4-10-18(17)22/h3-16H,26H2,1-2H3. The van der Waals surface area contributed by atoms with Crippen LogP contribution in [0.15, 0.2) is 84.9 Å². The second-order valence-electron chi connectivity index (χ2n) is 7.71. The predicted octanol–water partition coefficient (Wildman–Crippen LogP) is 6.53. The van der Waals surface area contributed by atoms with E-state index in [0.717, 1.165) is 16.8 Å². The van der Waals surface area contributed by atoms with Gasteiger partial charge in [0.25, 0.3) is 0 Å². The molecule has 2 N–H and O–H groups in total. The Bertz CT molecular complexity index is 1120. The third-order valence-electron chi connectivity index (χ3n) is 5.81. The van der Waals surface area contributed by atoms with Gasteiger partial charge in [0.15, 0.2) is 0 Å². The molecule has 27 heavy (non-hydrogen) atoms. The predicted molar refractivity (Wildman–Crippen MR) is 115 cm³/mol. The summed E-state index contributed by atoms with van der Waals surface area (Å²) < 4.78 is 0. The van der Waals surface area contributed by atoms with Crippen molar-refractivity contribution < 1.29 is 0 Å². The summed E-state index contributed by atoms with van der Waals surface area (Å²) in [5, 5.41) is 2.26. The molecule has 0 saturated heterocycles. The Kier molecular flexibility index (Phi) is 3.32. The Balaban J connectivity index is 1.89. The van der Waals surface area contributed by atoms with Crippen LogP contribution in [-0.2, 0) is 5.41 Å². The number of anilines is 4. The summed E-state index contributed by atoms with van der Waals surface area (Å²) in [4.78, 5) is 2.39. The van der Waals surface area contributed by atoms with Crippen LogP contribution in [0.3, 0.4) is 0 Å². The van der Waals surface area contributed by atoms with Gasteiger partial charge in [-0.2, -0.15) is 0 Å². The van der Waals surface area contributed by atoms with Gasteiger partial charge in [-0.3, -0.25) is 0 Å². The summed E-state index contributed by atoms with van der Waals surface area (Å²) in [6, 6.07) is 30.0. The zero-order chi connectivity index (χ0) is 18.6.